The summed E-state index contributed by atoms with van der Waals surface area (Å²) in [5.74, 6) is -0.562. The predicted octanol–water partition coefficient (Wildman–Crippen LogP) is 5.50. The topological polar surface area (TPSA) is 111 Å². The number of esters is 1. The lowest BCUT2D eigenvalue weighted by Crippen LogP contribution is -2.38. The largest absolute Gasteiger partial charge is 0.495 e. The number of nitrogens with one attached hydrogen (secondary N) is 1. The Morgan fingerprint density at radius 3 is 2.33 bits per heavy atom. The maximum atomic E-state index is 13.9. The number of hydrogen-bond acceptors (Lipinski definition) is 8. The summed E-state index contributed by atoms with van der Waals surface area (Å²) < 4.78 is 45.0. The van der Waals surface area contributed by atoms with Crippen molar-refractivity contribution in [3.05, 3.63) is 76.1 Å². The van der Waals surface area contributed by atoms with Crippen molar-refractivity contribution in [2.45, 2.75) is 11.8 Å². The number of nitrogens with zero attached hydrogens (tertiary/aromatic N) is 1. The van der Waals surface area contributed by atoms with E-state index in [0.29, 0.717) is 21.9 Å². The zero-order chi connectivity index (χ0) is 28.3. The van der Waals surface area contributed by atoms with Crippen LogP contribution < -0.4 is 19.1 Å². The number of ether oxygens (including phenoxy) is 3. The summed E-state index contributed by atoms with van der Waals surface area (Å²) in [5, 5.41) is 3.65. The Kier molecular flexibility index (Phi) is 8.34. The first-order valence-corrected chi connectivity index (χ1v) is 14.1. The summed E-state index contributed by atoms with van der Waals surface area (Å²) in [6.07, 6.45) is 0. The van der Waals surface area contributed by atoms with E-state index in [0.717, 1.165) is 14.4 Å². The fourth-order valence-corrected chi connectivity index (χ4v) is 6.75. The number of amides is 1. The maximum Gasteiger partial charge on any atom is 0.348 e. The monoisotopic (exact) mass is 588 g/mol. The molecule has 1 amide bonds. The van der Waals surface area contributed by atoms with Crippen molar-refractivity contribution in [3.63, 3.8) is 0 Å². The molecule has 1 N–H and O–H groups in total. The number of fused-ring (bicyclic) bond motifs is 1. The lowest BCUT2D eigenvalue weighted by atomic mass is 10.2. The summed E-state index contributed by atoms with van der Waals surface area (Å²) >= 11 is 7.57. The van der Waals surface area contributed by atoms with Crippen molar-refractivity contribution in [1.29, 1.82) is 0 Å². The van der Waals surface area contributed by atoms with Crippen molar-refractivity contribution in [3.8, 4) is 11.5 Å². The number of carbonyl (C=O) groups is 2. The van der Waals surface area contributed by atoms with Gasteiger partial charge in [-0.3, -0.25) is 9.10 Å². The van der Waals surface area contributed by atoms with Crippen LogP contribution in [0.1, 0.15) is 15.2 Å². The van der Waals surface area contributed by atoms with Gasteiger partial charge in [0.25, 0.3) is 10.0 Å². The molecule has 9 nitrogen and oxygen atoms in total. The molecule has 0 aliphatic carbocycles. The molecule has 0 radical (unpaired) electrons. The van der Waals surface area contributed by atoms with Gasteiger partial charge in [-0.2, -0.15) is 0 Å². The number of sulfonamides is 1. The number of hydrogen-bond donors (Lipinski definition) is 1. The van der Waals surface area contributed by atoms with Crippen molar-refractivity contribution in [2.75, 3.05) is 37.5 Å². The molecule has 0 unspecified atom stereocenters. The first-order valence-electron chi connectivity index (χ1n) is 11.5. The number of aryl methyl sites for hydroxylation is 1. The molecule has 1 heterocycles. The summed E-state index contributed by atoms with van der Waals surface area (Å²) in [6.45, 7) is 1.20. The fourth-order valence-electron chi connectivity index (χ4n) is 3.88. The molecule has 0 saturated carbocycles. The minimum absolute atomic E-state index is 0.0974. The average molecular weight is 589 g/mol. The molecule has 4 rings (SSSR count). The Hall–Kier alpha value is -3.80. The van der Waals surface area contributed by atoms with E-state index in [1.54, 1.807) is 43.3 Å². The van der Waals surface area contributed by atoms with E-state index in [1.807, 2.05) is 0 Å². The van der Waals surface area contributed by atoms with Gasteiger partial charge in [0.05, 0.1) is 32.0 Å². The molecular weight excluding hydrogens is 564 g/mol. The van der Waals surface area contributed by atoms with E-state index in [4.69, 9.17) is 25.8 Å². The van der Waals surface area contributed by atoms with Crippen LogP contribution in [0.5, 0.6) is 11.5 Å². The lowest BCUT2D eigenvalue weighted by molar-refractivity contribution is -0.114. The van der Waals surface area contributed by atoms with Crippen LogP contribution in [0.25, 0.3) is 10.1 Å². The molecule has 3 aromatic carbocycles. The van der Waals surface area contributed by atoms with E-state index in [9.17, 15) is 18.0 Å². The van der Waals surface area contributed by atoms with Crippen LogP contribution in [0.15, 0.2) is 65.6 Å². The van der Waals surface area contributed by atoms with Gasteiger partial charge in [-0.05, 0) is 72.5 Å². The molecule has 0 aliphatic rings. The van der Waals surface area contributed by atoms with Crippen LogP contribution in [0.3, 0.4) is 0 Å². The highest BCUT2D eigenvalue weighted by atomic mass is 35.5. The van der Waals surface area contributed by atoms with Gasteiger partial charge in [0.2, 0.25) is 5.91 Å². The quantitative estimate of drug-likeness (QED) is 0.257. The Balaban J connectivity index is 1.70. The Morgan fingerprint density at radius 1 is 0.949 bits per heavy atom. The van der Waals surface area contributed by atoms with Crippen LogP contribution in [-0.2, 0) is 19.6 Å². The van der Waals surface area contributed by atoms with E-state index < -0.39 is 28.4 Å². The van der Waals surface area contributed by atoms with Gasteiger partial charge in [-0.15, -0.1) is 11.3 Å². The summed E-state index contributed by atoms with van der Waals surface area (Å²) in [7, 11) is -0.167. The number of anilines is 2. The number of carbonyl (C=O) groups excluding carboxylic acids is 2. The van der Waals surface area contributed by atoms with E-state index in [1.165, 1.54) is 56.9 Å². The van der Waals surface area contributed by atoms with Crippen molar-refractivity contribution >= 4 is 66.3 Å². The summed E-state index contributed by atoms with van der Waals surface area (Å²) in [6, 6.07) is 16.0. The maximum absolute atomic E-state index is 13.9. The van der Waals surface area contributed by atoms with E-state index in [-0.39, 0.29) is 21.4 Å². The van der Waals surface area contributed by atoms with Crippen LogP contribution >= 0.6 is 22.9 Å². The van der Waals surface area contributed by atoms with Crippen molar-refractivity contribution in [2.24, 2.45) is 0 Å². The molecule has 0 saturated heterocycles. The van der Waals surface area contributed by atoms with Gasteiger partial charge in [-0.25, -0.2) is 13.2 Å². The Morgan fingerprint density at radius 2 is 1.67 bits per heavy atom. The second kappa shape index (κ2) is 11.5. The first kappa shape index (κ1) is 28.2. The van der Waals surface area contributed by atoms with E-state index >= 15 is 0 Å². The smallest absolute Gasteiger partial charge is 0.348 e. The number of thiophene rings is 1. The SMILES string of the molecule is COC(=O)c1cc2cc(NC(=O)CN(c3ccc(OC)c(Cl)c3)S(=O)(=O)c3cc(C)ccc3OC)ccc2s1. The molecular formula is C27H25ClN2O7S2. The van der Waals surface area contributed by atoms with Gasteiger partial charge in [0.15, 0.2) is 0 Å². The molecule has 0 spiro atoms. The highest BCUT2D eigenvalue weighted by Crippen LogP contribution is 2.35. The van der Waals surface area contributed by atoms with Gasteiger partial charge < -0.3 is 19.5 Å². The lowest BCUT2D eigenvalue weighted by Gasteiger charge is -2.25. The molecule has 0 atom stereocenters. The highest BCUT2D eigenvalue weighted by Gasteiger charge is 2.31. The second-order valence-corrected chi connectivity index (χ2v) is 11.7. The number of benzene rings is 3. The van der Waals surface area contributed by atoms with E-state index in [2.05, 4.69) is 5.32 Å². The van der Waals surface area contributed by atoms with Gasteiger partial charge in [0, 0.05) is 10.4 Å². The van der Waals surface area contributed by atoms with Crippen LogP contribution in [-0.4, -0.2) is 48.2 Å². The summed E-state index contributed by atoms with van der Waals surface area (Å²) in [4.78, 5) is 25.4. The third kappa shape index (κ3) is 5.95. The third-order valence-electron chi connectivity index (χ3n) is 5.78. The van der Waals surface area contributed by atoms with Crippen LogP contribution in [0.2, 0.25) is 5.02 Å². The number of methoxy groups -OCH3 is 3. The highest BCUT2D eigenvalue weighted by molar-refractivity contribution is 7.93. The molecule has 1 aromatic heterocycles. The summed E-state index contributed by atoms with van der Waals surface area (Å²) in [5.41, 5.74) is 1.29. The number of rotatable bonds is 9. The molecule has 204 valence electrons. The van der Waals surface area contributed by atoms with Crippen LogP contribution in [0.4, 0.5) is 11.4 Å². The molecule has 39 heavy (non-hydrogen) atoms. The normalized spacial score (nSPS) is 11.2. The molecule has 0 fully saturated rings. The Labute approximate surface area is 234 Å². The molecule has 12 heteroatoms. The zero-order valence-electron chi connectivity index (χ0n) is 21.5. The standard InChI is InChI=1S/C27H25ClN2O7S2/c1-16-5-8-22(36-3)25(11-16)39(33,34)30(19-7-9-21(35-2)20(28)14-19)15-26(31)29-18-6-10-23-17(12-18)13-24(38-23)27(32)37-4/h5-14H,15H2,1-4H3,(H,29,31). The third-order valence-corrected chi connectivity index (χ3v) is 8.97. The predicted molar refractivity (Wildman–Crippen MR) is 152 cm³/mol. The Bertz CT molecular complexity index is 1670. The molecule has 0 aliphatic heterocycles. The molecule has 0 bridgehead atoms. The van der Waals surface area contributed by atoms with Gasteiger partial charge in [-0.1, -0.05) is 17.7 Å². The van der Waals surface area contributed by atoms with Gasteiger partial charge in [0.1, 0.15) is 27.8 Å². The minimum atomic E-state index is -4.29. The minimum Gasteiger partial charge on any atom is -0.495 e. The second-order valence-electron chi connectivity index (χ2n) is 8.39. The zero-order valence-corrected chi connectivity index (χ0v) is 23.9. The fraction of sp³-hybridized carbons (Fsp3) is 0.185. The van der Waals surface area contributed by atoms with Crippen LogP contribution in [0, 0.1) is 6.92 Å². The van der Waals surface area contributed by atoms with Crippen molar-refractivity contribution in [1.82, 2.24) is 0 Å². The van der Waals surface area contributed by atoms with Gasteiger partial charge >= 0.3 is 5.97 Å². The molecule has 4 aromatic rings. The average Bonchev–Trinajstić information content (AvgIpc) is 3.34. The number of halogens is 1. The first-order chi connectivity index (χ1) is 18.6. The van der Waals surface area contributed by atoms with Crippen molar-refractivity contribution < 1.29 is 32.2 Å².